The van der Waals surface area contributed by atoms with Gasteiger partial charge in [0.1, 0.15) is 17.9 Å². The Bertz CT molecular complexity index is 1220. The normalized spacial score (nSPS) is 18.1. The molecule has 1 fully saturated rings. The minimum Gasteiger partial charge on any atom is -0.494 e. The Kier molecular flexibility index (Phi) is 6.78. The number of carbonyl (C=O) groups is 1. The second-order valence-electron chi connectivity index (χ2n) is 9.54. The maximum absolute atomic E-state index is 13.2. The number of nitrogens with zero attached hydrogens (tertiary/aromatic N) is 3. The molecule has 34 heavy (non-hydrogen) atoms. The smallest absolute Gasteiger partial charge is 0.227 e. The molecule has 2 heterocycles. The Morgan fingerprint density at radius 3 is 2.62 bits per heavy atom. The predicted octanol–water partition coefficient (Wildman–Crippen LogP) is 6.49. The molecule has 1 amide bonds. The van der Waals surface area contributed by atoms with Gasteiger partial charge in [-0.1, -0.05) is 33.3 Å². The summed E-state index contributed by atoms with van der Waals surface area (Å²) in [6.07, 6.45) is 6.18. The molecule has 180 valence electrons. The second kappa shape index (κ2) is 9.61. The van der Waals surface area contributed by atoms with E-state index in [0.717, 1.165) is 53.8 Å². The first-order chi connectivity index (χ1) is 16.4. The van der Waals surface area contributed by atoms with Crippen molar-refractivity contribution in [2.45, 2.75) is 66.7 Å². The number of aromatic nitrogens is 2. The topological polar surface area (TPSA) is 67.4 Å². The first-order valence-corrected chi connectivity index (χ1v) is 12.4. The van der Waals surface area contributed by atoms with Crippen LogP contribution >= 0.6 is 0 Å². The third-order valence-electron chi connectivity index (χ3n) is 7.55. The molecule has 3 aromatic rings. The van der Waals surface area contributed by atoms with Crippen molar-refractivity contribution in [2.75, 3.05) is 23.9 Å². The molecule has 4 rings (SSSR count). The Morgan fingerprint density at radius 2 is 1.94 bits per heavy atom. The Morgan fingerprint density at radius 1 is 1.15 bits per heavy atom. The average molecular weight is 461 g/mol. The van der Waals surface area contributed by atoms with E-state index >= 15 is 0 Å². The van der Waals surface area contributed by atoms with Crippen LogP contribution in [0.15, 0.2) is 30.6 Å². The summed E-state index contributed by atoms with van der Waals surface area (Å²) in [5.41, 5.74) is 6.50. The molecule has 1 atom stereocenters. The van der Waals surface area contributed by atoms with Gasteiger partial charge in [0.2, 0.25) is 5.91 Å². The summed E-state index contributed by atoms with van der Waals surface area (Å²) in [6.45, 7) is 11.6. The number of hydrogen-bond donors (Lipinski definition) is 1. The number of aryl methyl sites for hydroxylation is 1. The van der Waals surface area contributed by atoms with E-state index in [1.54, 1.807) is 13.4 Å². The fraction of sp³-hybridized carbons (Fsp3) is 0.464. The summed E-state index contributed by atoms with van der Waals surface area (Å²) in [5.74, 6) is 1.55. The second-order valence-corrected chi connectivity index (χ2v) is 9.54. The molecule has 1 N–H and O–H groups in total. The summed E-state index contributed by atoms with van der Waals surface area (Å²) in [4.78, 5) is 24.2. The molecule has 0 bridgehead atoms. The van der Waals surface area contributed by atoms with E-state index in [2.05, 4.69) is 62.0 Å². The molecule has 0 spiro atoms. The Balaban J connectivity index is 1.80. The van der Waals surface area contributed by atoms with E-state index in [-0.39, 0.29) is 11.3 Å². The zero-order valence-corrected chi connectivity index (χ0v) is 21.3. The van der Waals surface area contributed by atoms with Crippen LogP contribution in [0.1, 0.15) is 63.1 Å². The Labute approximate surface area is 202 Å². The third-order valence-corrected chi connectivity index (χ3v) is 7.55. The zero-order chi connectivity index (χ0) is 24.5. The van der Waals surface area contributed by atoms with Crippen molar-refractivity contribution in [3.63, 3.8) is 0 Å². The number of fused-ring (bicyclic) bond motifs is 1. The molecule has 6 heteroatoms. The predicted molar refractivity (Wildman–Crippen MR) is 139 cm³/mol. The molecule has 6 nitrogen and oxygen atoms in total. The third kappa shape index (κ3) is 4.22. The van der Waals surface area contributed by atoms with E-state index in [1.807, 2.05) is 17.0 Å². The van der Waals surface area contributed by atoms with Crippen LogP contribution in [0.4, 0.5) is 17.2 Å². The molecule has 1 saturated heterocycles. The quantitative estimate of drug-likeness (QED) is 0.416. The van der Waals surface area contributed by atoms with Gasteiger partial charge in [-0.3, -0.25) is 4.79 Å². The highest BCUT2D eigenvalue weighted by Gasteiger charge is 2.42. The van der Waals surface area contributed by atoms with Crippen LogP contribution in [0, 0.1) is 19.3 Å². The van der Waals surface area contributed by atoms with Gasteiger partial charge in [0.25, 0.3) is 0 Å². The van der Waals surface area contributed by atoms with Gasteiger partial charge in [0.15, 0.2) is 0 Å². The van der Waals surface area contributed by atoms with Crippen molar-refractivity contribution >= 4 is 34.0 Å². The number of rotatable bonds is 8. The number of methoxy groups -OCH3 is 1. The molecular weight excluding hydrogens is 424 g/mol. The number of amides is 1. The highest BCUT2D eigenvalue weighted by Crippen LogP contribution is 2.44. The summed E-state index contributed by atoms with van der Waals surface area (Å²) >= 11 is 0. The van der Waals surface area contributed by atoms with Gasteiger partial charge < -0.3 is 15.0 Å². The van der Waals surface area contributed by atoms with Gasteiger partial charge in [-0.15, -0.1) is 0 Å². The lowest BCUT2D eigenvalue weighted by Crippen LogP contribution is -2.28. The van der Waals surface area contributed by atoms with Crippen molar-refractivity contribution in [2.24, 2.45) is 5.41 Å². The molecular formula is C28H36N4O2. The molecule has 1 aromatic heterocycles. The number of ether oxygens (including phenoxy) is 1. The first-order valence-electron chi connectivity index (χ1n) is 12.4. The molecule has 1 aliphatic rings. The van der Waals surface area contributed by atoms with Gasteiger partial charge in [0.05, 0.1) is 18.3 Å². The van der Waals surface area contributed by atoms with E-state index in [0.29, 0.717) is 18.7 Å². The summed E-state index contributed by atoms with van der Waals surface area (Å²) in [6, 6.07) is 8.18. The minimum atomic E-state index is 0.0233. The van der Waals surface area contributed by atoms with Gasteiger partial charge in [-0.2, -0.15) is 0 Å². The lowest BCUT2D eigenvalue weighted by atomic mass is 9.80. The van der Waals surface area contributed by atoms with Crippen LogP contribution in [0.5, 0.6) is 5.75 Å². The maximum Gasteiger partial charge on any atom is 0.227 e. The number of carbonyl (C=O) groups excluding carboxylic acids is 1. The maximum atomic E-state index is 13.2. The molecule has 1 unspecified atom stereocenters. The van der Waals surface area contributed by atoms with Gasteiger partial charge in [0, 0.05) is 30.1 Å². The minimum absolute atomic E-state index is 0.0233. The van der Waals surface area contributed by atoms with Crippen LogP contribution in [0.3, 0.4) is 0 Å². The standard InChI is InChI=1S/C28H36N4O2/c1-7-12-28(9-3)15-26(33)32(16-28)24-13-21-23(14-25(24)34-6)29-17-30-27(21)31-22-11-10-18(4)19(5)20(22)8-2/h10-11,13-14,17H,7-9,12,15-16H2,1-6H3,(H,29,30,31). The Hall–Kier alpha value is -3.15. The van der Waals surface area contributed by atoms with Crippen LogP contribution < -0.4 is 15.0 Å². The van der Waals surface area contributed by atoms with Crippen LogP contribution in [0.25, 0.3) is 10.9 Å². The molecule has 2 aromatic carbocycles. The van der Waals surface area contributed by atoms with Crippen molar-refractivity contribution in [1.82, 2.24) is 9.97 Å². The lowest BCUT2D eigenvalue weighted by molar-refractivity contribution is -0.117. The van der Waals surface area contributed by atoms with Crippen molar-refractivity contribution in [3.05, 3.63) is 47.3 Å². The summed E-state index contributed by atoms with van der Waals surface area (Å²) < 4.78 is 5.72. The highest BCUT2D eigenvalue weighted by molar-refractivity contribution is 6.02. The van der Waals surface area contributed by atoms with Gasteiger partial charge in [-0.05, 0) is 67.3 Å². The van der Waals surface area contributed by atoms with E-state index in [1.165, 1.54) is 16.7 Å². The van der Waals surface area contributed by atoms with Crippen LogP contribution in [-0.2, 0) is 11.2 Å². The van der Waals surface area contributed by atoms with Crippen LogP contribution in [0.2, 0.25) is 0 Å². The van der Waals surface area contributed by atoms with Crippen molar-refractivity contribution < 1.29 is 9.53 Å². The number of anilines is 3. The summed E-state index contributed by atoms with van der Waals surface area (Å²) in [7, 11) is 1.65. The molecule has 0 aliphatic carbocycles. The molecule has 0 radical (unpaired) electrons. The number of nitrogens with one attached hydrogen (secondary N) is 1. The zero-order valence-electron chi connectivity index (χ0n) is 21.3. The van der Waals surface area contributed by atoms with E-state index < -0.39 is 0 Å². The van der Waals surface area contributed by atoms with E-state index in [4.69, 9.17) is 4.74 Å². The van der Waals surface area contributed by atoms with Gasteiger partial charge >= 0.3 is 0 Å². The number of hydrogen-bond acceptors (Lipinski definition) is 5. The average Bonchev–Trinajstić information content (AvgIpc) is 3.17. The monoisotopic (exact) mass is 460 g/mol. The highest BCUT2D eigenvalue weighted by atomic mass is 16.5. The molecule has 0 saturated carbocycles. The first kappa shape index (κ1) is 24.0. The fourth-order valence-electron chi connectivity index (χ4n) is 5.35. The molecule has 1 aliphatic heterocycles. The van der Waals surface area contributed by atoms with Crippen molar-refractivity contribution in [3.8, 4) is 5.75 Å². The van der Waals surface area contributed by atoms with Crippen molar-refractivity contribution in [1.29, 1.82) is 0 Å². The summed E-state index contributed by atoms with van der Waals surface area (Å²) in [5, 5.41) is 4.42. The number of benzene rings is 2. The van der Waals surface area contributed by atoms with Gasteiger partial charge in [-0.25, -0.2) is 9.97 Å². The van der Waals surface area contributed by atoms with Crippen LogP contribution in [-0.4, -0.2) is 29.5 Å². The van der Waals surface area contributed by atoms with E-state index in [9.17, 15) is 4.79 Å². The lowest BCUT2D eigenvalue weighted by Gasteiger charge is -2.27. The largest absolute Gasteiger partial charge is 0.494 e. The SMILES string of the molecule is CCCC1(CC)CC(=O)N(c2cc3c(Nc4ccc(C)c(C)c4CC)ncnc3cc2OC)C1. The fourth-order valence-corrected chi connectivity index (χ4v) is 5.35.